The Bertz CT molecular complexity index is 1380. The number of alkyl carbamates (subject to hydrolysis) is 1. The van der Waals surface area contributed by atoms with Crippen LogP contribution < -0.4 is 16.0 Å². The predicted octanol–water partition coefficient (Wildman–Crippen LogP) is 3.82. The smallest absolute Gasteiger partial charge is 0.408 e. The van der Waals surface area contributed by atoms with Gasteiger partial charge in [-0.1, -0.05) is 61.9 Å². The van der Waals surface area contributed by atoms with Crippen molar-refractivity contribution in [1.82, 2.24) is 20.9 Å². The fraction of sp³-hybridized carbons (Fsp3) is 0.486. The molecule has 0 aromatic heterocycles. The number of hydrogen-bond donors (Lipinski definition) is 3. The maximum absolute atomic E-state index is 14.6. The van der Waals surface area contributed by atoms with E-state index < -0.39 is 53.3 Å². The maximum atomic E-state index is 14.6. The molecule has 4 rings (SSSR count). The van der Waals surface area contributed by atoms with Gasteiger partial charge < -0.3 is 25.6 Å². The van der Waals surface area contributed by atoms with E-state index in [1.807, 2.05) is 24.3 Å². The summed E-state index contributed by atoms with van der Waals surface area (Å²) in [6, 6.07) is 4.88. The topological polar surface area (TPSA) is 134 Å². The average Bonchev–Trinajstić information content (AvgIpc) is 3.59. The molecule has 4 atom stereocenters. The molecule has 0 radical (unpaired) electrons. The third-order valence-electron chi connectivity index (χ3n) is 9.51. The molecule has 1 aliphatic heterocycles. The van der Waals surface area contributed by atoms with Crippen LogP contribution in [0.25, 0.3) is 0 Å². The van der Waals surface area contributed by atoms with E-state index in [2.05, 4.69) is 42.3 Å². The number of Topliss-reactive ketones (excluding diaryl/α,β-unsaturated/α-hetero) is 1. The lowest BCUT2D eigenvalue weighted by Crippen LogP contribution is -2.59. The van der Waals surface area contributed by atoms with Gasteiger partial charge in [-0.3, -0.25) is 19.2 Å². The second-order valence-corrected chi connectivity index (χ2v) is 13.3. The SMILES string of the molecule is C=CCNC(=O)C(=O)C(CC1CC1)NC(=O)[C@@H]1[C@@H](C(C=C)C=C)CCN1C(=O)[C@@H](NC(=O)OC(C)(C)C=C)C1Cc2ccccc2C1. The number of ketones is 1. The first-order valence-corrected chi connectivity index (χ1v) is 16.4. The summed E-state index contributed by atoms with van der Waals surface area (Å²) < 4.78 is 5.58. The summed E-state index contributed by atoms with van der Waals surface area (Å²) in [5.74, 6) is -3.23. The minimum absolute atomic E-state index is 0.119. The molecule has 2 fully saturated rings. The molecule has 1 aromatic rings. The number of rotatable bonds is 16. The van der Waals surface area contributed by atoms with Crippen molar-refractivity contribution in [2.45, 2.75) is 76.1 Å². The van der Waals surface area contributed by atoms with Gasteiger partial charge in [0.15, 0.2) is 0 Å². The van der Waals surface area contributed by atoms with Crippen molar-refractivity contribution in [1.29, 1.82) is 0 Å². The Kier molecular flexibility index (Phi) is 11.6. The summed E-state index contributed by atoms with van der Waals surface area (Å²) in [5, 5.41) is 8.19. The standard InChI is InChI=1S/C37H48N4O6/c1-7-18-38-34(44)32(42)29(20-23-15-16-23)39-33(43)31-28(24(8-2)9-3)17-19-41(31)35(45)30(40-36(46)47-37(5,6)10-4)27-21-25-13-11-12-14-26(25)22-27/h7-14,23-24,27-31H,1-4,15-22H2,5-6H3,(H,38,44)(H,39,43)(H,40,46)/t28-,29?,30+,31+/m1/s1. The normalized spacial score (nSPS) is 20.4. The van der Waals surface area contributed by atoms with E-state index in [1.165, 1.54) is 17.1 Å². The molecule has 4 amide bonds. The lowest BCUT2D eigenvalue weighted by Gasteiger charge is -2.35. The minimum atomic E-state index is -1.04. The molecule has 1 heterocycles. The number of amides is 4. The highest BCUT2D eigenvalue weighted by atomic mass is 16.6. The van der Waals surface area contributed by atoms with Gasteiger partial charge in [0.1, 0.15) is 17.7 Å². The summed E-state index contributed by atoms with van der Waals surface area (Å²) in [7, 11) is 0. The monoisotopic (exact) mass is 644 g/mol. The molecule has 0 spiro atoms. The van der Waals surface area contributed by atoms with Crippen molar-refractivity contribution in [2.75, 3.05) is 13.1 Å². The van der Waals surface area contributed by atoms with Gasteiger partial charge in [0, 0.05) is 13.1 Å². The first-order valence-electron chi connectivity index (χ1n) is 16.4. The summed E-state index contributed by atoms with van der Waals surface area (Å²) in [6.45, 7) is 18.9. The van der Waals surface area contributed by atoms with Crippen LogP contribution in [0.15, 0.2) is 74.9 Å². The van der Waals surface area contributed by atoms with Crippen LogP contribution >= 0.6 is 0 Å². The van der Waals surface area contributed by atoms with Gasteiger partial charge >= 0.3 is 6.09 Å². The second-order valence-electron chi connectivity index (χ2n) is 13.3. The second kappa shape index (κ2) is 15.4. The number of fused-ring (bicyclic) bond motifs is 1. The summed E-state index contributed by atoms with van der Waals surface area (Å²) in [5.41, 5.74) is 1.22. The Labute approximate surface area is 277 Å². The van der Waals surface area contributed by atoms with E-state index in [0.717, 1.165) is 24.0 Å². The first kappa shape index (κ1) is 35.4. The lowest BCUT2D eigenvalue weighted by molar-refractivity contribution is -0.144. The Morgan fingerprint density at radius 3 is 2.17 bits per heavy atom. The first-order chi connectivity index (χ1) is 22.4. The predicted molar refractivity (Wildman–Crippen MR) is 180 cm³/mol. The molecule has 1 unspecified atom stereocenters. The number of carbonyl (C=O) groups excluding carboxylic acids is 5. The van der Waals surface area contributed by atoms with Gasteiger partial charge in [-0.25, -0.2) is 4.79 Å². The van der Waals surface area contributed by atoms with E-state index in [0.29, 0.717) is 25.7 Å². The Hall–Kier alpha value is -4.47. The Balaban J connectivity index is 1.64. The molecule has 1 saturated carbocycles. The zero-order chi connectivity index (χ0) is 34.3. The van der Waals surface area contributed by atoms with Gasteiger partial charge in [0.2, 0.25) is 17.6 Å². The Morgan fingerprint density at radius 2 is 1.62 bits per heavy atom. The molecular weight excluding hydrogens is 596 g/mol. The molecule has 3 aliphatic rings. The minimum Gasteiger partial charge on any atom is -0.439 e. The van der Waals surface area contributed by atoms with Crippen LogP contribution in [0.4, 0.5) is 4.79 Å². The fourth-order valence-corrected chi connectivity index (χ4v) is 6.66. The van der Waals surface area contributed by atoms with Gasteiger partial charge in [-0.05, 0) is 80.4 Å². The van der Waals surface area contributed by atoms with E-state index in [4.69, 9.17) is 4.74 Å². The molecule has 2 aliphatic carbocycles. The highest BCUT2D eigenvalue weighted by Gasteiger charge is 2.48. The third-order valence-corrected chi connectivity index (χ3v) is 9.51. The van der Waals surface area contributed by atoms with Crippen molar-refractivity contribution < 1.29 is 28.7 Å². The number of benzene rings is 1. The van der Waals surface area contributed by atoms with Gasteiger partial charge in [-0.2, -0.15) is 0 Å². The zero-order valence-electron chi connectivity index (χ0n) is 27.5. The van der Waals surface area contributed by atoms with Crippen LogP contribution in [0.2, 0.25) is 0 Å². The van der Waals surface area contributed by atoms with Crippen LogP contribution in [0.5, 0.6) is 0 Å². The van der Waals surface area contributed by atoms with E-state index in [-0.39, 0.29) is 36.8 Å². The van der Waals surface area contributed by atoms with Gasteiger partial charge in [-0.15, -0.1) is 19.7 Å². The van der Waals surface area contributed by atoms with Gasteiger partial charge in [0.05, 0.1) is 6.04 Å². The summed E-state index contributed by atoms with van der Waals surface area (Å²) >= 11 is 0. The number of nitrogens with one attached hydrogen (secondary N) is 3. The third kappa shape index (κ3) is 8.67. The number of hydrogen-bond acceptors (Lipinski definition) is 6. The molecule has 252 valence electrons. The lowest BCUT2D eigenvalue weighted by atomic mass is 9.85. The van der Waals surface area contributed by atoms with Crippen LogP contribution in [-0.4, -0.2) is 71.3 Å². The molecule has 1 aromatic carbocycles. The number of allylic oxidation sites excluding steroid dienone is 2. The molecule has 3 N–H and O–H groups in total. The summed E-state index contributed by atoms with van der Waals surface area (Å²) in [4.78, 5) is 69.4. The van der Waals surface area contributed by atoms with E-state index >= 15 is 0 Å². The van der Waals surface area contributed by atoms with Crippen molar-refractivity contribution in [3.05, 3.63) is 86.0 Å². The Morgan fingerprint density at radius 1 is 0.979 bits per heavy atom. The molecule has 1 saturated heterocycles. The van der Waals surface area contributed by atoms with Crippen molar-refractivity contribution in [3.8, 4) is 0 Å². The zero-order valence-corrected chi connectivity index (χ0v) is 27.5. The highest BCUT2D eigenvalue weighted by Crippen LogP contribution is 2.37. The average molecular weight is 645 g/mol. The van der Waals surface area contributed by atoms with Crippen molar-refractivity contribution >= 4 is 29.6 Å². The largest absolute Gasteiger partial charge is 0.439 e. The van der Waals surface area contributed by atoms with Crippen molar-refractivity contribution in [3.63, 3.8) is 0 Å². The maximum Gasteiger partial charge on any atom is 0.408 e. The molecule has 10 nitrogen and oxygen atoms in total. The number of nitrogens with zero attached hydrogens (tertiary/aromatic N) is 1. The van der Waals surface area contributed by atoms with Crippen LogP contribution in [-0.2, 0) is 36.8 Å². The molecule has 10 heteroatoms. The van der Waals surface area contributed by atoms with E-state index in [1.54, 1.807) is 26.0 Å². The quantitative estimate of drug-likeness (QED) is 0.185. The van der Waals surface area contributed by atoms with E-state index in [9.17, 15) is 24.0 Å². The molecule has 47 heavy (non-hydrogen) atoms. The highest BCUT2D eigenvalue weighted by molar-refractivity contribution is 6.38. The van der Waals surface area contributed by atoms with Gasteiger partial charge in [0.25, 0.3) is 5.91 Å². The van der Waals surface area contributed by atoms with Crippen molar-refractivity contribution in [2.24, 2.45) is 23.7 Å². The van der Waals surface area contributed by atoms with Crippen LogP contribution in [0.1, 0.15) is 50.7 Å². The van der Waals surface area contributed by atoms with Crippen LogP contribution in [0, 0.1) is 23.7 Å². The number of ether oxygens (including phenoxy) is 1. The molecule has 0 bridgehead atoms. The summed E-state index contributed by atoms with van der Waals surface area (Å²) in [6.07, 6.45) is 9.34. The van der Waals surface area contributed by atoms with Crippen LogP contribution in [0.3, 0.4) is 0 Å². The number of carbonyl (C=O) groups is 5. The fourth-order valence-electron chi connectivity index (χ4n) is 6.66. The molecular formula is C37H48N4O6. The number of likely N-dealkylation sites (tertiary alicyclic amines) is 1.